The highest BCUT2D eigenvalue weighted by molar-refractivity contribution is 8.04. The van der Waals surface area contributed by atoms with E-state index in [1.165, 1.54) is 0 Å². The van der Waals surface area contributed by atoms with Crippen LogP contribution in [0.5, 0.6) is 0 Å². The van der Waals surface area contributed by atoms with Crippen LogP contribution in [0.15, 0.2) is 46.3 Å². The molecule has 0 amide bonds. The molecule has 1 aromatic heterocycles. The quantitative estimate of drug-likeness (QED) is 0.158. The molecular weight excluding hydrogens is 599 g/mol. The number of thiazole rings is 1. The number of rotatable bonds is 11. The Morgan fingerprint density at radius 3 is 2.24 bits per heavy atom. The zero-order valence-corrected chi connectivity index (χ0v) is 24.3. The highest BCUT2D eigenvalue weighted by atomic mass is 35.5. The molecule has 200 valence electrons. The molecule has 0 atom stereocenters. The predicted molar refractivity (Wildman–Crippen MR) is 151 cm³/mol. The van der Waals surface area contributed by atoms with E-state index in [4.69, 9.17) is 32.3 Å². The van der Waals surface area contributed by atoms with Crippen molar-refractivity contribution < 1.29 is 30.5 Å². The van der Waals surface area contributed by atoms with Gasteiger partial charge in [-0.25, -0.2) is 0 Å². The number of hydrogen-bond donors (Lipinski definition) is 2. The monoisotopic (exact) mass is 623 g/mol. The van der Waals surface area contributed by atoms with E-state index in [0.29, 0.717) is 48.8 Å². The Bertz CT molecular complexity index is 1550. The largest absolute Gasteiger partial charge is 0.335 e. The van der Waals surface area contributed by atoms with Gasteiger partial charge in [0.05, 0.1) is 28.3 Å². The minimum atomic E-state index is -4.02. The summed E-state index contributed by atoms with van der Waals surface area (Å²) in [5.74, 6) is -0.591. The van der Waals surface area contributed by atoms with Crippen molar-refractivity contribution in [2.75, 3.05) is 23.0 Å². The molecule has 4 rings (SSSR count). The Morgan fingerprint density at radius 2 is 1.54 bits per heavy atom. The lowest BCUT2D eigenvalue weighted by molar-refractivity contribution is -0.669. The third-order valence-electron chi connectivity index (χ3n) is 5.70. The highest BCUT2D eigenvalue weighted by Crippen LogP contribution is 2.48. The molecule has 8 nitrogen and oxygen atoms in total. The molecule has 0 saturated heterocycles. The first-order chi connectivity index (χ1) is 17.4. The Morgan fingerprint density at radius 1 is 0.892 bits per heavy atom. The lowest BCUT2D eigenvalue weighted by atomic mass is 10.2. The van der Waals surface area contributed by atoms with E-state index >= 15 is 0 Å². The van der Waals surface area contributed by atoms with E-state index in [1.54, 1.807) is 23.1 Å². The Labute approximate surface area is 234 Å². The van der Waals surface area contributed by atoms with Gasteiger partial charge in [0.25, 0.3) is 25.2 Å². The number of hydrogen-bond acceptors (Lipinski definition) is 7. The summed E-state index contributed by atoms with van der Waals surface area (Å²) >= 11 is 15.7. The summed E-state index contributed by atoms with van der Waals surface area (Å²) in [7, 11) is -8.04. The van der Waals surface area contributed by atoms with Crippen molar-refractivity contribution in [1.29, 1.82) is 0 Å². The molecule has 2 aromatic carbocycles. The van der Waals surface area contributed by atoms with Gasteiger partial charge in [-0.2, -0.15) is 21.4 Å². The SMILES string of the molecule is O=S(=O)(O)CCCCN1C(=Cc2sc3ccc(Cl)cc3[n+]2CCCCS(=O)(=O)O)Sc2ccc(Cl)cc21. The standard InChI is InChI=1S/C23H24Cl2N2O6S4/c24-16-5-7-20-18(13-16)26(9-1-3-11-36(28,29)30)22(34-20)15-23-27(10-2-4-12-37(31,32)33)19-14-17(25)6-8-21(19)35-23/h5-8,13-15H,1-4,9-12H2,(H-,28,29,30,31,32,33)/p+1. The molecule has 14 heteroatoms. The summed E-state index contributed by atoms with van der Waals surface area (Å²) in [6.45, 7) is 1.07. The second-order valence-corrected chi connectivity index (χ2v) is 14.7. The van der Waals surface area contributed by atoms with Crippen LogP contribution in [-0.4, -0.2) is 44.0 Å². The fourth-order valence-electron chi connectivity index (χ4n) is 4.04. The Hall–Kier alpha value is -1.38. The molecule has 0 spiro atoms. The van der Waals surface area contributed by atoms with Crippen molar-refractivity contribution in [2.24, 2.45) is 0 Å². The molecule has 0 fully saturated rings. The molecule has 2 N–H and O–H groups in total. The van der Waals surface area contributed by atoms with Crippen LogP contribution in [0.1, 0.15) is 30.7 Å². The molecule has 37 heavy (non-hydrogen) atoms. The number of benzene rings is 2. The van der Waals surface area contributed by atoms with Gasteiger partial charge >= 0.3 is 0 Å². The summed E-state index contributed by atoms with van der Waals surface area (Å²) in [4.78, 5) is 3.12. The van der Waals surface area contributed by atoms with Gasteiger partial charge in [0.15, 0.2) is 6.54 Å². The van der Waals surface area contributed by atoms with Gasteiger partial charge in [0.1, 0.15) is 4.70 Å². The predicted octanol–water partition coefficient (Wildman–Crippen LogP) is 5.74. The number of thioether (sulfide) groups is 1. The van der Waals surface area contributed by atoms with Gasteiger partial charge in [0, 0.05) is 34.0 Å². The van der Waals surface area contributed by atoms with E-state index in [1.807, 2.05) is 36.4 Å². The van der Waals surface area contributed by atoms with Gasteiger partial charge < -0.3 is 4.90 Å². The second-order valence-electron chi connectivity index (χ2n) is 8.54. The van der Waals surface area contributed by atoms with Crippen LogP contribution in [0.3, 0.4) is 0 Å². The first-order valence-corrected chi connectivity index (χ1v) is 17.0. The summed E-state index contributed by atoms with van der Waals surface area (Å²) in [5.41, 5.74) is 1.86. The number of aryl methyl sites for hydroxylation is 1. The van der Waals surface area contributed by atoms with Crippen molar-refractivity contribution in [1.82, 2.24) is 0 Å². The zero-order valence-electron chi connectivity index (χ0n) is 19.5. The third kappa shape index (κ3) is 7.82. The van der Waals surface area contributed by atoms with E-state index < -0.39 is 20.2 Å². The van der Waals surface area contributed by atoms with Crippen molar-refractivity contribution >= 4 is 88.5 Å². The lowest BCUT2D eigenvalue weighted by Gasteiger charge is -2.20. The molecule has 3 aromatic rings. The van der Waals surface area contributed by atoms with Crippen LogP contribution in [0.2, 0.25) is 10.0 Å². The van der Waals surface area contributed by atoms with Gasteiger partial charge in [-0.05, 0) is 49.6 Å². The third-order valence-corrected chi connectivity index (χ3v) is 10.0. The lowest BCUT2D eigenvalue weighted by Crippen LogP contribution is -2.35. The maximum atomic E-state index is 11.1. The van der Waals surface area contributed by atoms with Crippen LogP contribution in [-0.2, 0) is 26.8 Å². The van der Waals surface area contributed by atoms with Crippen molar-refractivity contribution in [2.45, 2.75) is 37.1 Å². The normalized spacial score (nSPS) is 15.1. The van der Waals surface area contributed by atoms with E-state index in [0.717, 1.165) is 30.8 Å². The maximum absolute atomic E-state index is 11.1. The summed E-state index contributed by atoms with van der Waals surface area (Å²) in [6.07, 6.45) is 3.78. The summed E-state index contributed by atoms with van der Waals surface area (Å²) < 4.78 is 65.8. The van der Waals surface area contributed by atoms with Crippen molar-refractivity contribution in [3.05, 3.63) is 56.5 Å². The minimum absolute atomic E-state index is 0.296. The summed E-state index contributed by atoms with van der Waals surface area (Å²) in [6, 6.07) is 11.3. The number of aromatic nitrogens is 1. The first-order valence-electron chi connectivity index (χ1n) is 11.4. The Kier molecular flexibility index (Phi) is 9.12. The van der Waals surface area contributed by atoms with Gasteiger partial charge in [-0.1, -0.05) is 46.3 Å². The van der Waals surface area contributed by atoms with Crippen molar-refractivity contribution in [3.8, 4) is 0 Å². The van der Waals surface area contributed by atoms with E-state index in [2.05, 4.69) is 15.5 Å². The van der Waals surface area contributed by atoms with Gasteiger partial charge in [-0.15, -0.1) is 0 Å². The maximum Gasteiger partial charge on any atom is 0.265 e. The molecule has 1 aliphatic heterocycles. The van der Waals surface area contributed by atoms with Crippen LogP contribution in [0, 0.1) is 0 Å². The first kappa shape index (κ1) is 28.6. The average molecular weight is 625 g/mol. The Balaban J connectivity index is 1.66. The molecular formula is C23H25Cl2N2O6S4+. The number of anilines is 1. The summed E-state index contributed by atoms with van der Waals surface area (Å²) in [5, 5.41) is 3.06. The van der Waals surface area contributed by atoms with E-state index in [9.17, 15) is 16.8 Å². The van der Waals surface area contributed by atoms with Crippen LogP contribution < -0.4 is 9.47 Å². The molecule has 0 unspecified atom stereocenters. The van der Waals surface area contributed by atoms with Gasteiger partial charge in [-0.3, -0.25) is 9.11 Å². The minimum Gasteiger partial charge on any atom is -0.335 e. The average Bonchev–Trinajstić information content (AvgIpc) is 3.30. The fraction of sp³-hybridized carbons (Fsp3) is 0.348. The second kappa shape index (κ2) is 11.8. The smallest absolute Gasteiger partial charge is 0.265 e. The molecule has 2 heterocycles. The molecule has 1 aliphatic rings. The van der Waals surface area contributed by atoms with Crippen LogP contribution in [0.25, 0.3) is 16.3 Å². The van der Waals surface area contributed by atoms with Gasteiger partial charge in [0.2, 0.25) is 5.52 Å². The topological polar surface area (TPSA) is 116 Å². The number of nitrogens with zero attached hydrogens (tertiary/aromatic N) is 2. The number of unbranched alkanes of at least 4 members (excludes halogenated alkanes) is 2. The number of halogens is 2. The van der Waals surface area contributed by atoms with Crippen LogP contribution in [0.4, 0.5) is 5.69 Å². The van der Waals surface area contributed by atoms with Crippen molar-refractivity contribution in [3.63, 3.8) is 0 Å². The highest BCUT2D eigenvalue weighted by Gasteiger charge is 2.28. The molecule has 0 aliphatic carbocycles. The zero-order chi connectivity index (χ0) is 26.8. The van der Waals surface area contributed by atoms with E-state index in [-0.39, 0.29) is 11.5 Å². The number of fused-ring (bicyclic) bond motifs is 2. The molecule has 0 bridgehead atoms. The fourth-order valence-corrected chi connectivity index (χ4v) is 7.79. The molecule has 0 radical (unpaired) electrons. The molecule has 0 saturated carbocycles. The van der Waals surface area contributed by atoms with Crippen LogP contribution >= 0.6 is 46.3 Å².